The zero-order chi connectivity index (χ0) is 9.68. The molecule has 0 heterocycles. The standard InChI is InChI=1S/C10H7Cl2O/c11-9-5-8(3-1-2-4-13)6-10(12)7-9/h1,3,5-7H,2H2/b3-1+. The minimum Gasteiger partial charge on any atom is -0.291 e. The summed E-state index contributed by atoms with van der Waals surface area (Å²) in [6.07, 6.45) is 5.53. The molecule has 0 saturated heterocycles. The van der Waals surface area contributed by atoms with Gasteiger partial charge in [0.05, 0.1) is 0 Å². The van der Waals surface area contributed by atoms with E-state index in [9.17, 15) is 4.79 Å². The highest BCUT2D eigenvalue weighted by molar-refractivity contribution is 6.34. The van der Waals surface area contributed by atoms with E-state index in [-0.39, 0.29) is 6.42 Å². The molecule has 0 N–H and O–H groups in total. The molecule has 0 aliphatic heterocycles. The fraction of sp³-hybridized carbons (Fsp3) is 0.100. The second-order valence-corrected chi connectivity index (χ2v) is 3.33. The van der Waals surface area contributed by atoms with Crippen LogP contribution in [0.1, 0.15) is 12.0 Å². The highest BCUT2D eigenvalue weighted by Gasteiger charge is 1.93. The van der Waals surface area contributed by atoms with Crippen molar-refractivity contribution < 1.29 is 4.79 Å². The smallest absolute Gasteiger partial charge is 0.202 e. The molecule has 1 aromatic rings. The number of hydrogen-bond acceptors (Lipinski definition) is 1. The Kier molecular flexibility index (Phi) is 4.00. The average Bonchev–Trinajstić information content (AvgIpc) is 2.03. The van der Waals surface area contributed by atoms with Gasteiger partial charge in [0.25, 0.3) is 0 Å². The molecular formula is C10H7Cl2O. The lowest BCUT2D eigenvalue weighted by Gasteiger charge is -1.96. The van der Waals surface area contributed by atoms with Gasteiger partial charge in [0.2, 0.25) is 6.29 Å². The summed E-state index contributed by atoms with van der Waals surface area (Å²) in [7, 11) is 0. The van der Waals surface area contributed by atoms with E-state index in [1.165, 1.54) is 0 Å². The quantitative estimate of drug-likeness (QED) is 0.752. The highest BCUT2D eigenvalue weighted by Crippen LogP contribution is 2.19. The molecule has 67 valence electrons. The lowest BCUT2D eigenvalue weighted by atomic mass is 10.2. The monoisotopic (exact) mass is 213 g/mol. The van der Waals surface area contributed by atoms with Crippen molar-refractivity contribution in [1.82, 2.24) is 0 Å². The maximum atomic E-state index is 9.90. The maximum absolute atomic E-state index is 9.90. The van der Waals surface area contributed by atoms with Gasteiger partial charge in [0.15, 0.2) is 0 Å². The van der Waals surface area contributed by atoms with Crippen molar-refractivity contribution >= 4 is 35.6 Å². The highest BCUT2D eigenvalue weighted by atomic mass is 35.5. The Hall–Kier alpha value is -0.790. The molecule has 1 rings (SSSR count). The Morgan fingerprint density at radius 2 is 1.85 bits per heavy atom. The van der Waals surface area contributed by atoms with E-state index in [0.29, 0.717) is 10.0 Å². The third kappa shape index (κ3) is 3.62. The first-order chi connectivity index (χ1) is 6.22. The van der Waals surface area contributed by atoms with E-state index in [0.717, 1.165) is 5.56 Å². The van der Waals surface area contributed by atoms with E-state index in [1.807, 2.05) is 0 Å². The minimum absolute atomic E-state index is 0.282. The van der Waals surface area contributed by atoms with Gasteiger partial charge in [-0.1, -0.05) is 35.4 Å². The molecule has 1 nitrogen and oxygen atoms in total. The molecule has 0 bridgehead atoms. The molecule has 0 amide bonds. The maximum Gasteiger partial charge on any atom is 0.202 e. The van der Waals surface area contributed by atoms with E-state index in [2.05, 4.69) is 0 Å². The van der Waals surface area contributed by atoms with Gasteiger partial charge >= 0.3 is 0 Å². The number of rotatable bonds is 3. The second-order valence-electron chi connectivity index (χ2n) is 2.45. The van der Waals surface area contributed by atoms with Crippen LogP contribution in [0.4, 0.5) is 0 Å². The SMILES string of the molecule is O=[C]C/C=C/c1cc(Cl)cc(Cl)c1. The van der Waals surface area contributed by atoms with E-state index in [4.69, 9.17) is 23.2 Å². The van der Waals surface area contributed by atoms with Crippen LogP contribution in [-0.4, -0.2) is 6.29 Å². The fourth-order valence-electron chi connectivity index (χ4n) is 0.915. The van der Waals surface area contributed by atoms with E-state index < -0.39 is 0 Å². The first kappa shape index (κ1) is 10.3. The van der Waals surface area contributed by atoms with Crippen LogP contribution in [0.2, 0.25) is 10.0 Å². The molecule has 0 aliphatic carbocycles. The number of halogens is 2. The van der Waals surface area contributed by atoms with Gasteiger partial charge in [0.1, 0.15) is 0 Å². The van der Waals surface area contributed by atoms with Crippen LogP contribution in [-0.2, 0) is 4.79 Å². The molecule has 0 unspecified atom stereocenters. The topological polar surface area (TPSA) is 17.1 Å². The van der Waals surface area contributed by atoms with Crippen LogP contribution in [0.3, 0.4) is 0 Å². The lowest BCUT2D eigenvalue weighted by molar-refractivity contribution is 0.556. The van der Waals surface area contributed by atoms with Gasteiger partial charge in [-0.3, -0.25) is 4.79 Å². The predicted molar refractivity (Wildman–Crippen MR) is 55.8 cm³/mol. The molecule has 1 radical (unpaired) electrons. The van der Waals surface area contributed by atoms with Gasteiger partial charge in [-0.2, -0.15) is 0 Å². The zero-order valence-corrected chi connectivity index (χ0v) is 8.27. The molecule has 0 fully saturated rings. The van der Waals surface area contributed by atoms with Gasteiger partial charge in [-0.25, -0.2) is 0 Å². The largest absolute Gasteiger partial charge is 0.291 e. The van der Waals surface area contributed by atoms with Crippen LogP contribution < -0.4 is 0 Å². The summed E-state index contributed by atoms with van der Waals surface area (Å²) in [4.78, 5) is 9.90. The molecule has 0 aliphatic rings. The Bertz CT molecular complexity index is 311. The molecule has 0 spiro atoms. The molecule has 13 heavy (non-hydrogen) atoms. The minimum atomic E-state index is 0.282. The summed E-state index contributed by atoms with van der Waals surface area (Å²) >= 11 is 11.5. The molecular weight excluding hydrogens is 207 g/mol. The number of hydrogen-bond donors (Lipinski definition) is 0. The van der Waals surface area contributed by atoms with Gasteiger partial charge in [0, 0.05) is 16.5 Å². The lowest BCUT2D eigenvalue weighted by Crippen LogP contribution is -1.74. The van der Waals surface area contributed by atoms with Gasteiger partial charge in [-0.05, 0) is 23.8 Å². The molecule has 0 atom stereocenters. The Balaban J connectivity index is 2.82. The van der Waals surface area contributed by atoms with Crippen molar-refractivity contribution in [1.29, 1.82) is 0 Å². The van der Waals surface area contributed by atoms with Crippen molar-refractivity contribution in [2.45, 2.75) is 6.42 Å². The Labute approximate surface area is 87.0 Å². The Morgan fingerprint density at radius 3 is 2.38 bits per heavy atom. The van der Waals surface area contributed by atoms with Crippen molar-refractivity contribution in [2.24, 2.45) is 0 Å². The van der Waals surface area contributed by atoms with Crippen molar-refractivity contribution in [2.75, 3.05) is 0 Å². The zero-order valence-electron chi connectivity index (χ0n) is 6.76. The van der Waals surface area contributed by atoms with Gasteiger partial charge in [-0.15, -0.1) is 0 Å². The first-order valence-corrected chi connectivity index (χ1v) is 4.45. The molecule has 3 heteroatoms. The van der Waals surface area contributed by atoms with E-state index >= 15 is 0 Å². The molecule has 0 aromatic heterocycles. The van der Waals surface area contributed by atoms with Crippen LogP contribution >= 0.6 is 23.2 Å². The summed E-state index contributed by atoms with van der Waals surface area (Å²) in [5, 5.41) is 1.17. The summed E-state index contributed by atoms with van der Waals surface area (Å²) in [5.41, 5.74) is 0.882. The molecule has 1 aromatic carbocycles. The van der Waals surface area contributed by atoms with Crippen molar-refractivity contribution in [3.8, 4) is 0 Å². The predicted octanol–water partition coefficient (Wildman–Crippen LogP) is 3.51. The Morgan fingerprint density at radius 1 is 1.23 bits per heavy atom. The third-order valence-electron chi connectivity index (χ3n) is 1.40. The second kappa shape index (κ2) is 5.05. The van der Waals surface area contributed by atoms with Crippen LogP contribution in [0, 0.1) is 0 Å². The van der Waals surface area contributed by atoms with E-state index in [1.54, 1.807) is 36.6 Å². The normalized spacial score (nSPS) is 10.6. The van der Waals surface area contributed by atoms with Crippen LogP contribution in [0.15, 0.2) is 24.3 Å². The van der Waals surface area contributed by atoms with Crippen molar-refractivity contribution in [3.63, 3.8) is 0 Å². The van der Waals surface area contributed by atoms with Gasteiger partial charge < -0.3 is 0 Å². The third-order valence-corrected chi connectivity index (χ3v) is 1.83. The summed E-state index contributed by atoms with van der Waals surface area (Å²) in [6, 6.07) is 5.20. The average molecular weight is 214 g/mol. The first-order valence-electron chi connectivity index (χ1n) is 3.70. The number of allylic oxidation sites excluding steroid dienone is 1. The summed E-state index contributed by atoms with van der Waals surface area (Å²) in [6.45, 7) is 0. The molecule has 0 saturated carbocycles. The van der Waals surface area contributed by atoms with Crippen LogP contribution in [0.5, 0.6) is 0 Å². The van der Waals surface area contributed by atoms with Crippen LogP contribution in [0.25, 0.3) is 6.08 Å². The summed E-state index contributed by atoms with van der Waals surface area (Å²) < 4.78 is 0. The number of benzene rings is 1. The van der Waals surface area contributed by atoms with Crippen molar-refractivity contribution in [3.05, 3.63) is 39.9 Å². The fourth-order valence-corrected chi connectivity index (χ4v) is 1.46. The summed E-state index contributed by atoms with van der Waals surface area (Å²) in [5.74, 6) is 0. The number of carbonyl (C=O) groups excluding carboxylic acids is 1.